The van der Waals surface area contributed by atoms with E-state index in [1.54, 1.807) is 19.2 Å². The molecule has 0 saturated carbocycles. The van der Waals surface area contributed by atoms with Crippen molar-refractivity contribution in [3.63, 3.8) is 0 Å². The smallest absolute Gasteiger partial charge is 0.304 e. The van der Waals surface area contributed by atoms with Gasteiger partial charge in [-0.15, -0.1) is 0 Å². The third kappa shape index (κ3) is 3.82. The molecule has 1 aliphatic heterocycles. The molecule has 1 N–H and O–H groups in total. The molecule has 1 fully saturated rings. The van der Waals surface area contributed by atoms with Crippen LogP contribution in [0, 0.1) is 0 Å². The van der Waals surface area contributed by atoms with Gasteiger partial charge >= 0.3 is 5.97 Å². The van der Waals surface area contributed by atoms with Crippen molar-refractivity contribution in [2.75, 3.05) is 13.7 Å². The van der Waals surface area contributed by atoms with Crippen molar-refractivity contribution in [2.24, 2.45) is 0 Å². The largest absolute Gasteiger partial charge is 0.496 e. The average molecular weight is 291 g/mol. The summed E-state index contributed by atoms with van der Waals surface area (Å²) in [6, 6.07) is 5.46. The number of benzene rings is 1. The Morgan fingerprint density at radius 2 is 2.19 bits per heavy atom. The predicted molar refractivity (Wildman–Crippen MR) is 78.7 cm³/mol. The lowest BCUT2D eigenvalue weighted by Crippen LogP contribution is -2.31. The summed E-state index contributed by atoms with van der Waals surface area (Å²) in [6.07, 6.45) is 2.07. The van der Waals surface area contributed by atoms with E-state index in [0.717, 1.165) is 30.7 Å². The van der Waals surface area contributed by atoms with Gasteiger partial charge < -0.3 is 9.84 Å². The first kappa shape index (κ1) is 15.5. The minimum absolute atomic E-state index is 0.0161. The van der Waals surface area contributed by atoms with Crippen LogP contribution in [0.25, 0.3) is 0 Å². The molecule has 21 heavy (non-hydrogen) atoms. The number of hydrogen-bond donors (Lipinski definition) is 1. The van der Waals surface area contributed by atoms with Gasteiger partial charge in [-0.3, -0.25) is 14.5 Å². The van der Waals surface area contributed by atoms with E-state index in [1.165, 1.54) is 6.92 Å². The van der Waals surface area contributed by atoms with Gasteiger partial charge in [-0.25, -0.2) is 0 Å². The Hall–Kier alpha value is -1.88. The van der Waals surface area contributed by atoms with Crippen LogP contribution in [-0.4, -0.2) is 41.5 Å². The molecular formula is C16H21NO4. The van der Waals surface area contributed by atoms with Crippen LogP contribution in [0.2, 0.25) is 0 Å². The second kappa shape index (κ2) is 6.72. The summed E-state index contributed by atoms with van der Waals surface area (Å²) in [5.74, 6) is -0.0141. The summed E-state index contributed by atoms with van der Waals surface area (Å²) in [5, 5.41) is 8.98. The summed E-state index contributed by atoms with van der Waals surface area (Å²) < 4.78 is 5.35. The SMILES string of the molecule is COc1ccc(C(C)=O)cc1CN1CCCC1CC(=O)O. The van der Waals surface area contributed by atoms with Crippen LogP contribution in [-0.2, 0) is 11.3 Å². The zero-order valence-electron chi connectivity index (χ0n) is 12.5. The number of rotatable bonds is 6. The summed E-state index contributed by atoms with van der Waals surface area (Å²) in [5.41, 5.74) is 1.59. The minimum Gasteiger partial charge on any atom is -0.496 e. The Labute approximate surface area is 124 Å². The van der Waals surface area contributed by atoms with E-state index in [9.17, 15) is 9.59 Å². The maximum Gasteiger partial charge on any atom is 0.304 e. The molecule has 1 atom stereocenters. The van der Waals surface area contributed by atoms with Crippen molar-refractivity contribution in [3.05, 3.63) is 29.3 Å². The highest BCUT2D eigenvalue weighted by molar-refractivity contribution is 5.94. The zero-order valence-corrected chi connectivity index (χ0v) is 12.5. The molecule has 0 spiro atoms. The molecule has 1 aliphatic rings. The van der Waals surface area contributed by atoms with E-state index in [-0.39, 0.29) is 18.2 Å². The van der Waals surface area contributed by atoms with E-state index in [1.807, 2.05) is 6.07 Å². The summed E-state index contributed by atoms with van der Waals surface area (Å²) in [4.78, 5) is 24.6. The number of hydrogen-bond acceptors (Lipinski definition) is 4. The number of ketones is 1. The van der Waals surface area contributed by atoms with Crippen molar-refractivity contribution in [3.8, 4) is 5.75 Å². The molecule has 5 nitrogen and oxygen atoms in total. The van der Waals surface area contributed by atoms with Crippen LogP contribution >= 0.6 is 0 Å². The topological polar surface area (TPSA) is 66.8 Å². The molecule has 114 valence electrons. The Kier molecular flexibility index (Phi) is 4.96. The number of aliphatic carboxylic acids is 1. The highest BCUT2D eigenvalue weighted by Crippen LogP contribution is 2.27. The third-order valence-electron chi connectivity index (χ3n) is 3.97. The quantitative estimate of drug-likeness (QED) is 0.815. The van der Waals surface area contributed by atoms with Crippen molar-refractivity contribution < 1.29 is 19.4 Å². The summed E-state index contributed by atoms with van der Waals surface area (Å²) in [7, 11) is 1.60. The molecule has 0 aliphatic carbocycles. The Morgan fingerprint density at radius 3 is 2.81 bits per heavy atom. The first-order valence-electron chi connectivity index (χ1n) is 7.15. The number of carbonyl (C=O) groups is 2. The van der Waals surface area contributed by atoms with Gasteiger partial charge in [0.1, 0.15) is 5.75 Å². The van der Waals surface area contributed by atoms with Gasteiger partial charge in [-0.05, 0) is 44.5 Å². The number of nitrogens with zero attached hydrogens (tertiary/aromatic N) is 1. The fourth-order valence-electron chi connectivity index (χ4n) is 2.88. The fourth-order valence-corrected chi connectivity index (χ4v) is 2.88. The van der Waals surface area contributed by atoms with Gasteiger partial charge in [0.2, 0.25) is 0 Å². The first-order valence-corrected chi connectivity index (χ1v) is 7.15. The maximum absolute atomic E-state index is 11.5. The highest BCUT2D eigenvalue weighted by Gasteiger charge is 2.27. The van der Waals surface area contributed by atoms with Crippen LogP contribution in [0.15, 0.2) is 18.2 Å². The molecule has 0 radical (unpaired) electrons. The van der Waals surface area contributed by atoms with Gasteiger partial charge in [-0.1, -0.05) is 0 Å². The van der Waals surface area contributed by atoms with Gasteiger partial charge in [0.15, 0.2) is 5.78 Å². The van der Waals surface area contributed by atoms with Crippen molar-refractivity contribution in [1.82, 2.24) is 4.90 Å². The number of carbonyl (C=O) groups excluding carboxylic acids is 1. The van der Waals surface area contributed by atoms with Gasteiger partial charge in [0.25, 0.3) is 0 Å². The van der Waals surface area contributed by atoms with Crippen molar-refractivity contribution in [1.29, 1.82) is 0 Å². The second-order valence-electron chi connectivity index (χ2n) is 5.45. The van der Waals surface area contributed by atoms with Crippen LogP contribution in [0.1, 0.15) is 42.1 Å². The zero-order chi connectivity index (χ0) is 15.4. The predicted octanol–water partition coefficient (Wildman–Crippen LogP) is 2.34. The normalized spacial score (nSPS) is 18.7. The first-order chi connectivity index (χ1) is 10.0. The van der Waals surface area contributed by atoms with E-state index in [2.05, 4.69) is 4.90 Å². The van der Waals surface area contributed by atoms with E-state index < -0.39 is 5.97 Å². The van der Waals surface area contributed by atoms with Crippen LogP contribution in [0.4, 0.5) is 0 Å². The van der Waals surface area contributed by atoms with Crippen molar-refractivity contribution >= 4 is 11.8 Å². The standard InChI is InChI=1S/C16H21NO4/c1-11(18)12-5-6-15(21-2)13(8-12)10-17-7-3-4-14(17)9-16(19)20/h5-6,8,14H,3-4,7,9-10H2,1-2H3,(H,19,20). The lowest BCUT2D eigenvalue weighted by Gasteiger charge is -2.24. The number of carboxylic acid groups (broad SMARTS) is 1. The number of likely N-dealkylation sites (tertiary alicyclic amines) is 1. The number of Topliss-reactive ketones (excluding diaryl/α,β-unsaturated/α-hetero) is 1. The van der Waals surface area contributed by atoms with Gasteiger partial charge in [-0.2, -0.15) is 0 Å². The van der Waals surface area contributed by atoms with E-state index in [4.69, 9.17) is 9.84 Å². The molecule has 1 heterocycles. The molecule has 2 rings (SSSR count). The number of carboxylic acids is 1. The second-order valence-corrected chi connectivity index (χ2v) is 5.45. The van der Waals surface area contributed by atoms with Crippen LogP contribution in [0.5, 0.6) is 5.75 Å². The highest BCUT2D eigenvalue weighted by atomic mass is 16.5. The lowest BCUT2D eigenvalue weighted by molar-refractivity contribution is -0.138. The summed E-state index contributed by atoms with van der Waals surface area (Å²) >= 11 is 0. The minimum atomic E-state index is -0.767. The molecule has 1 unspecified atom stereocenters. The monoisotopic (exact) mass is 291 g/mol. The molecule has 1 saturated heterocycles. The number of ether oxygens (including phenoxy) is 1. The van der Waals surface area contributed by atoms with Crippen LogP contribution < -0.4 is 4.74 Å². The maximum atomic E-state index is 11.5. The Morgan fingerprint density at radius 1 is 1.43 bits per heavy atom. The molecule has 5 heteroatoms. The molecule has 0 aromatic heterocycles. The Balaban J connectivity index is 2.19. The van der Waals surface area contributed by atoms with E-state index in [0.29, 0.717) is 12.1 Å². The van der Waals surface area contributed by atoms with Crippen LogP contribution in [0.3, 0.4) is 0 Å². The lowest BCUT2D eigenvalue weighted by atomic mass is 10.1. The molecule has 0 amide bonds. The Bertz CT molecular complexity index is 541. The molecule has 0 bridgehead atoms. The van der Waals surface area contributed by atoms with Gasteiger partial charge in [0, 0.05) is 23.7 Å². The molecule has 1 aromatic carbocycles. The van der Waals surface area contributed by atoms with Gasteiger partial charge in [0.05, 0.1) is 13.5 Å². The fraction of sp³-hybridized carbons (Fsp3) is 0.500. The molecule has 1 aromatic rings. The molecular weight excluding hydrogens is 270 g/mol. The number of methoxy groups -OCH3 is 1. The van der Waals surface area contributed by atoms with Crippen molar-refractivity contribution in [2.45, 2.75) is 38.8 Å². The van der Waals surface area contributed by atoms with E-state index >= 15 is 0 Å². The average Bonchev–Trinajstić information content (AvgIpc) is 2.85. The third-order valence-corrected chi connectivity index (χ3v) is 3.97. The summed E-state index contributed by atoms with van der Waals surface area (Å²) in [6.45, 7) is 3.03.